The third-order valence-electron chi connectivity index (χ3n) is 3.36. The number of ketones is 1. The number of nitro groups is 1. The Morgan fingerprint density at radius 1 is 1.33 bits per heavy atom. The van der Waals surface area contributed by atoms with Crippen LogP contribution in [0.2, 0.25) is 0 Å². The van der Waals surface area contributed by atoms with E-state index in [0.29, 0.717) is 21.3 Å². The number of rotatable bonds is 4. The molecule has 0 saturated heterocycles. The Kier molecular flexibility index (Phi) is 3.31. The van der Waals surface area contributed by atoms with Crippen LogP contribution in [0.4, 0.5) is 5.69 Å². The van der Waals surface area contributed by atoms with Crippen molar-refractivity contribution in [2.24, 2.45) is 0 Å². The van der Waals surface area contributed by atoms with Gasteiger partial charge < -0.3 is 4.98 Å². The number of thiophene rings is 1. The molecule has 0 aliphatic heterocycles. The Balaban J connectivity index is 2.16. The number of aryl methyl sites for hydroxylation is 1. The van der Waals surface area contributed by atoms with Crippen molar-refractivity contribution in [2.75, 3.05) is 0 Å². The minimum absolute atomic E-state index is 0.0515. The molecule has 6 heteroatoms. The number of non-ortho nitro benzene ring substituents is 1. The predicted molar refractivity (Wildman–Crippen MR) is 82.1 cm³/mol. The second-order valence-electron chi connectivity index (χ2n) is 4.61. The van der Waals surface area contributed by atoms with E-state index < -0.39 is 4.92 Å². The number of carbonyl (C=O) groups excluding carboxylic acids is 1. The number of nitrogens with one attached hydrogen (secondary N) is 1. The molecule has 1 aromatic carbocycles. The van der Waals surface area contributed by atoms with E-state index in [1.165, 1.54) is 17.4 Å². The van der Waals surface area contributed by atoms with E-state index in [1.807, 2.05) is 13.0 Å². The summed E-state index contributed by atoms with van der Waals surface area (Å²) in [6.45, 7) is 2.02. The molecule has 0 unspecified atom stereocenters. The summed E-state index contributed by atoms with van der Waals surface area (Å²) in [6.07, 6.45) is 2.41. The zero-order chi connectivity index (χ0) is 15.0. The lowest BCUT2D eigenvalue weighted by molar-refractivity contribution is -0.383. The molecule has 1 N–H and O–H groups in total. The first-order valence-corrected chi connectivity index (χ1v) is 7.31. The summed E-state index contributed by atoms with van der Waals surface area (Å²) in [5.41, 5.74) is 0.894. The van der Waals surface area contributed by atoms with Gasteiger partial charge in [0.2, 0.25) is 5.78 Å². The number of benzene rings is 1. The van der Waals surface area contributed by atoms with Crippen LogP contribution in [0.25, 0.3) is 10.9 Å². The molecule has 3 aromatic rings. The van der Waals surface area contributed by atoms with Crippen LogP contribution in [0.1, 0.15) is 27.0 Å². The van der Waals surface area contributed by atoms with E-state index in [2.05, 4.69) is 4.98 Å². The summed E-state index contributed by atoms with van der Waals surface area (Å²) in [5, 5.41) is 11.5. The minimum Gasteiger partial charge on any atom is -0.360 e. The van der Waals surface area contributed by atoms with Crippen molar-refractivity contribution in [3.8, 4) is 0 Å². The third kappa shape index (κ3) is 2.23. The van der Waals surface area contributed by atoms with Gasteiger partial charge in [0.15, 0.2) is 0 Å². The van der Waals surface area contributed by atoms with Crippen molar-refractivity contribution in [1.82, 2.24) is 4.98 Å². The molecule has 0 spiro atoms. The Labute approximate surface area is 124 Å². The number of carbonyl (C=O) groups is 1. The highest BCUT2D eigenvalue weighted by atomic mass is 32.1. The van der Waals surface area contributed by atoms with E-state index in [-0.39, 0.29) is 11.5 Å². The molecule has 106 valence electrons. The normalized spacial score (nSPS) is 10.9. The molecule has 0 amide bonds. The number of hydrogen-bond donors (Lipinski definition) is 1. The summed E-state index contributed by atoms with van der Waals surface area (Å²) in [6, 6.07) is 8.44. The maximum atomic E-state index is 12.6. The van der Waals surface area contributed by atoms with Gasteiger partial charge in [-0.05, 0) is 24.6 Å². The maximum absolute atomic E-state index is 12.6. The Morgan fingerprint density at radius 2 is 2.14 bits per heavy atom. The van der Waals surface area contributed by atoms with Crippen molar-refractivity contribution >= 4 is 33.7 Å². The van der Waals surface area contributed by atoms with Crippen molar-refractivity contribution in [3.63, 3.8) is 0 Å². The quantitative estimate of drug-likeness (QED) is 0.450. The van der Waals surface area contributed by atoms with Crippen LogP contribution in [0.15, 0.2) is 36.5 Å². The molecule has 2 heterocycles. The van der Waals surface area contributed by atoms with Crippen LogP contribution in [0.3, 0.4) is 0 Å². The van der Waals surface area contributed by atoms with Crippen molar-refractivity contribution in [3.05, 3.63) is 62.0 Å². The zero-order valence-electron chi connectivity index (χ0n) is 11.3. The lowest BCUT2D eigenvalue weighted by atomic mass is 10.1. The van der Waals surface area contributed by atoms with Gasteiger partial charge in [0.25, 0.3) is 5.69 Å². The van der Waals surface area contributed by atoms with Crippen LogP contribution >= 0.6 is 11.3 Å². The molecule has 0 aliphatic rings. The van der Waals surface area contributed by atoms with E-state index in [9.17, 15) is 14.9 Å². The van der Waals surface area contributed by atoms with Gasteiger partial charge >= 0.3 is 0 Å². The van der Waals surface area contributed by atoms with Crippen LogP contribution < -0.4 is 0 Å². The van der Waals surface area contributed by atoms with Crippen molar-refractivity contribution < 1.29 is 9.72 Å². The SMILES string of the molecule is CCc1ccc(C(=O)c2c[nH]c3cccc([N+](=O)[O-])c23)s1. The van der Waals surface area contributed by atoms with Crippen LogP contribution in [-0.4, -0.2) is 15.7 Å². The molecule has 0 saturated carbocycles. The predicted octanol–water partition coefficient (Wildman–Crippen LogP) is 3.93. The first-order valence-electron chi connectivity index (χ1n) is 6.49. The molecular weight excluding hydrogens is 288 g/mol. The molecule has 0 bridgehead atoms. The monoisotopic (exact) mass is 300 g/mol. The van der Waals surface area contributed by atoms with Gasteiger partial charge in [-0.15, -0.1) is 11.3 Å². The lowest BCUT2D eigenvalue weighted by Crippen LogP contribution is -1.99. The standard InChI is InChI=1S/C15H12N2O3S/c1-2-9-6-7-13(21-9)15(18)10-8-16-11-4-3-5-12(14(10)11)17(19)20/h3-8,16H,2H2,1H3. The van der Waals surface area contributed by atoms with Crippen LogP contribution in [0, 0.1) is 10.1 Å². The highest BCUT2D eigenvalue weighted by molar-refractivity contribution is 7.14. The molecule has 0 fully saturated rings. The lowest BCUT2D eigenvalue weighted by Gasteiger charge is -1.98. The van der Waals surface area contributed by atoms with Crippen molar-refractivity contribution in [2.45, 2.75) is 13.3 Å². The van der Waals surface area contributed by atoms with Gasteiger partial charge in [-0.25, -0.2) is 0 Å². The molecule has 0 radical (unpaired) electrons. The average Bonchev–Trinajstić information content (AvgIpc) is 3.12. The highest BCUT2D eigenvalue weighted by Gasteiger charge is 2.22. The fourth-order valence-corrected chi connectivity index (χ4v) is 3.22. The Bertz CT molecular complexity index is 848. The third-order valence-corrected chi connectivity index (χ3v) is 4.59. The topological polar surface area (TPSA) is 76.0 Å². The van der Waals surface area contributed by atoms with Crippen LogP contribution in [-0.2, 0) is 6.42 Å². The Morgan fingerprint density at radius 3 is 2.81 bits per heavy atom. The summed E-state index contributed by atoms with van der Waals surface area (Å²) in [5.74, 6) is -0.180. The largest absolute Gasteiger partial charge is 0.360 e. The summed E-state index contributed by atoms with van der Waals surface area (Å²) in [7, 11) is 0. The number of nitrogens with zero attached hydrogens (tertiary/aromatic N) is 1. The van der Waals surface area contributed by atoms with Gasteiger partial charge in [0, 0.05) is 17.1 Å². The summed E-state index contributed by atoms with van der Waals surface area (Å²) < 4.78 is 0. The maximum Gasteiger partial charge on any atom is 0.279 e. The fourth-order valence-electron chi connectivity index (χ4n) is 2.32. The van der Waals surface area contributed by atoms with Gasteiger partial charge in [0.1, 0.15) is 0 Å². The molecule has 3 rings (SSSR count). The average molecular weight is 300 g/mol. The van der Waals surface area contributed by atoms with Gasteiger partial charge in [0.05, 0.1) is 26.3 Å². The van der Waals surface area contributed by atoms with Gasteiger partial charge in [-0.1, -0.05) is 13.0 Å². The number of aromatic amines is 1. The van der Waals surface area contributed by atoms with Crippen LogP contribution in [0.5, 0.6) is 0 Å². The Hall–Kier alpha value is -2.47. The number of aromatic nitrogens is 1. The number of nitro benzene ring substituents is 1. The molecule has 5 nitrogen and oxygen atoms in total. The number of H-pyrrole nitrogens is 1. The van der Waals surface area contributed by atoms with Gasteiger partial charge in [-0.3, -0.25) is 14.9 Å². The van der Waals surface area contributed by atoms with E-state index in [1.54, 1.807) is 24.4 Å². The number of hydrogen-bond acceptors (Lipinski definition) is 4. The molecule has 0 aliphatic carbocycles. The number of fused-ring (bicyclic) bond motifs is 1. The smallest absolute Gasteiger partial charge is 0.279 e. The van der Waals surface area contributed by atoms with Gasteiger partial charge in [-0.2, -0.15) is 0 Å². The minimum atomic E-state index is -0.459. The molecule has 21 heavy (non-hydrogen) atoms. The van der Waals surface area contributed by atoms with E-state index in [0.717, 1.165) is 11.3 Å². The first kappa shape index (κ1) is 13.5. The summed E-state index contributed by atoms with van der Waals surface area (Å²) in [4.78, 5) is 27.9. The fraction of sp³-hybridized carbons (Fsp3) is 0.133. The highest BCUT2D eigenvalue weighted by Crippen LogP contribution is 2.31. The molecule has 2 aromatic heterocycles. The second kappa shape index (κ2) is 5.14. The van der Waals surface area contributed by atoms with Crippen molar-refractivity contribution in [1.29, 1.82) is 0 Å². The zero-order valence-corrected chi connectivity index (χ0v) is 12.1. The molecular formula is C15H12N2O3S. The summed E-state index contributed by atoms with van der Waals surface area (Å²) >= 11 is 1.43. The van der Waals surface area contributed by atoms with E-state index in [4.69, 9.17) is 0 Å². The van der Waals surface area contributed by atoms with E-state index >= 15 is 0 Å². The first-order chi connectivity index (χ1) is 10.1. The second-order valence-corrected chi connectivity index (χ2v) is 5.78. The molecule has 0 atom stereocenters.